The van der Waals surface area contributed by atoms with Crippen LogP contribution in [0.25, 0.3) is 0 Å². The molecular weight excluding hydrogens is 250 g/mol. The van der Waals surface area contributed by atoms with Crippen LogP contribution in [0.5, 0.6) is 5.75 Å². The smallest absolute Gasteiger partial charge is 0.118 e. The molecule has 0 aromatic heterocycles. The molecule has 1 aromatic carbocycles. The highest BCUT2D eigenvalue weighted by Gasteiger charge is 2.17. The second-order valence-corrected chi connectivity index (χ2v) is 4.89. The molecule has 3 nitrogen and oxygen atoms in total. The Labute approximate surface area is 114 Å². The Balaban J connectivity index is 1.93. The van der Waals surface area contributed by atoms with E-state index in [0.717, 1.165) is 38.4 Å². The lowest BCUT2D eigenvalue weighted by molar-refractivity contribution is 0.0691. The Morgan fingerprint density at radius 1 is 1.39 bits per heavy atom. The maximum absolute atomic E-state index is 5.89. The van der Waals surface area contributed by atoms with E-state index in [2.05, 4.69) is 17.0 Å². The third-order valence-electron chi connectivity index (χ3n) is 3.17. The minimum Gasteiger partial charge on any atom is -0.497 e. The lowest BCUT2D eigenvalue weighted by atomic mass is 10.2. The van der Waals surface area contributed by atoms with Crippen molar-refractivity contribution in [1.82, 2.24) is 4.90 Å². The first-order chi connectivity index (χ1) is 8.81. The van der Waals surface area contributed by atoms with Gasteiger partial charge in [0.05, 0.1) is 13.2 Å². The molecule has 4 heteroatoms. The predicted octanol–water partition coefficient (Wildman–Crippen LogP) is 2.52. The van der Waals surface area contributed by atoms with Crippen molar-refractivity contribution in [3.8, 4) is 5.75 Å². The molecule has 0 bridgehead atoms. The quantitative estimate of drug-likeness (QED) is 0.784. The van der Waals surface area contributed by atoms with Crippen LogP contribution in [0.15, 0.2) is 24.3 Å². The van der Waals surface area contributed by atoms with Gasteiger partial charge in [-0.3, -0.25) is 4.90 Å². The lowest BCUT2D eigenvalue weighted by Gasteiger charge is -2.22. The molecule has 0 radical (unpaired) electrons. The number of hydrogen-bond donors (Lipinski definition) is 0. The molecule has 100 valence electrons. The van der Waals surface area contributed by atoms with Gasteiger partial charge in [-0.05, 0) is 24.1 Å². The Morgan fingerprint density at radius 3 is 2.83 bits per heavy atom. The number of alkyl halides is 1. The van der Waals surface area contributed by atoms with Gasteiger partial charge in [0.25, 0.3) is 0 Å². The van der Waals surface area contributed by atoms with Crippen molar-refractivity contribution >= 4 is 11.6 Å². The van der Waals surface area contributed by atoms with Crippen LogP contribution in [0, 0.1) is 0 Å². The summed E-state index contributed by atoms with van der Waals surface area (Å²) >= 11 is 5.89. The molecule has 0 saturated carbocycles. The molecular formula is C14H20ClNO2. The lowest BCUT2D eigenvalue weighted by Crippen LogP contribution is -2.32. The molecule has 1 aliphatic heterocycles. The minimum atomic E-state index is 0.160. The Hall–Kier alpha value is -0.770. The number of rotatable bonds is 4. The topological polar surface area (TPSA) is 21.7 Å². The van der Waals surface area contributed by atoms with Gasteiger partial charge in [0, 0.05) is 32.1 Å². The van der Waals surface area contributed by atoms with Gasteiger partial charge in [-0.2, -0.15) is 0 Å². The zero-order chi connectivity index (χ0) is 12.8. The molecule has 0 spiro atoms. The highest BCUT2D eigenvalue weighted by Crippen LogP contribution is 2.15. The second kappa shape index (κ2) is 6.98. The highest BCUT2D eigenvalue weighted by molar-refractivity contribution is 6.18. The summed E-state index contributed by atoms with van der Waals surface area (Å²) in [5.41, 5.74) is 1.30. The van der Waals surface area contributed by atoms with Crippen LogP contribution in [0.3, 0.4) is 0 Å². The molecule has 1 unspecified atom stereocenters. The zero-order valence-electron chi connectivity index (χ0n) is 10.8. The first-order valence-corrected chi connectivity index (χ1v) is 6.88. The highest BCUT2D eigenvalue weighted by atomic mass is 35.5. The molecule has 0 N–H and O–H groups in total. The van der Waals surface area contributed by atoms with Crippen molar-refractivity contribution in [2.75, 3.05) is 32.7 Å². The number of benzene rings is 1. The van der Waals surface area contributed by atoms with Crippen LogP contribution in [-0.4, -0.2) is 43.7 Å². The molecule has 2 rings (SSSR count). The van der Waals surface area contributed by atoms with Gasteiger partial charge in [0.2, 0.25) is 0 Å². The normalized spacial score (nSPS) is 21.6. The molecule has 1 aliphatic rings. The predicted molar refractivity (Wildman–Crippen MR) is 73.3 cm³/mol. The van der Waals surface area contributed by atoms with E-state index in [0.29, 0.717) is 5.88 Å². The van der Waals surface area contributed by atoms with Crippen molar-refractivity contribution in [3.63, 3.8) is 0 Å². The summed E-state index contributed by atoms with van der Waals surface area (Å²) in [5.74, 6) is 1.47. The van der Waals surface area contributed by atoms with Crippen LogP contribution in [0.2, 0.25) is 0 Å². The molecule has 0 amide bonds. The summed E-state index contributed by atoms with van der Waals surface area (Å²) in [5, 5.41) is 0. The van der Waals surface area contributed by atoms with Crippen molar-refractivity contribution in [1.29, 1.82) is 0 Å². The van der Waals surface area contributed by atoms with Gasteiger partial charge in [-0.15, -0.1) is 11.6 Å². The van der Waals surface area contributed by atoms with Crippen LogP contribution in [-0.2, 0) is 11.3 Å². The van der Waals surface area contributed by atoms with Crippen molar-refractivity contribution < 1.29 is 9.47 Å². The first-order valence-electron chi connectivity index (χ1n) is 6.34. The van der Waals surface area contributed by atoms with E-state index >= 15 is 0 Å². The second-order valence-electron chi connectivity index (χ2n) is 4.58. The van der Waals surface area contributed by atoms with Crippen LogP contribution >= 0.6 is 11.6 Å². The molecule has 1 aromatic rings. The van der Waals surface area contributed by atoms with Crippen molar-refractivity contribution in [3.05, 3.63) is 29.8 Å². The molecule has 0 aliphatic carbocycles. The summed E-state index contributed by atoms with van der Waals surface area (Å²) in [7, 11) is 1.69. The SMILES string of the molecule is COc1ccc(CN2CCCOC(CCl)C2)cc1. The van der Waals surface area contributed by atoms with Gasteiger partial charge in [-0.1, -0.05) is 12.1 Å². The van der Waals surface area contributed by atoms with Crippen molar-refractivity contribution in [2.45, 2.75) is 19.1 Å². The third-order valence-corrected chi connectivity index (χ3v) is 3.52. The maximum Gasteiger partial charge on any atom is 0.118 e. The van der Waals surface area contributed by atoms with E-state index in [9.17, 15) is 0 Å². The maximum atomic E-state index is 5.89. The van der Waals surface area contributed by atoms with Gasteiger partial charge < -0.3 is 9.47 Å². The van der Waals surface area contributed by atoms with Crippen LogP contribution < -0.4 is 4.74 Å². The van der Waals surface area contributed by atoms with E-state index in [1.807, 2.05) is 12.1 Å². The fourth-order valence-corrected chi connectivity index (χ4v) is 2.38. The summed E-state index contributed by atoms with van der Waals surface area (Å²) in [4.78, 5) is 2.40. The Bertz CT molecular complexity index is 355. The molecule has 18 heavy (non-hydrogen) atoms. The third kappa shape index (κ3) is 3.87. The minimum absolute atomic E-state index is 0.160. The van der Waals surface area contributed by atoms with Gasteiger partial charge in [0.1, 0.15) is 5.75 Å². The van der Waals surface area contributed by atoms with Gasteiger partial charge in [-0.25, -0.2) is 0 Å². The van der Waals surface area contributed by atoms with Gasteiger partial charge >= 0.3 is 0 Å². The summed E-state index contributed by atoms with van der Waals surface area (Å²) < 4.78 is 10.8. The first kappa shape index (κ1) is 13.7. The van der Waals surface area contributed by atoms with E-state index in [4.69, 9.17) is 21.1 Å². The largest absolute Gasteiger partial charge is 0.497 e. The average molecular weight is 270 g/mol. The molecule has 1 saturated heterocycles. The summed E-state index contributed by atoms with van der Waals surface area (Å²) in [6.07, 6.45) is 1.23. The van der Waals surface area contributed by atoms with Crippen LogP contribution in [0.1, 0.15) is 12.0 Å². The monoisotopic (exact) mass is 269 g/mol. The molecule has 1 fully saturated rings. The Kier molecular flexibility index (Phi) is 5.29. The number of methoxy groups -OCH3 is 1. The molecule has 1 heterocycles. The number of ether oxygens (including phenoxy) is 2. The Morgan fingerprint density at radius 2 is 2.17 bits per heavy atom. The number of halogens is 1. The van der Waals surface area contributed by atoms with E-state index in [1.54, 1.807) is 7.11 Å². The molecule has 1 atom stereocenters. The fraction of sp³-hybridized carbons (Fsp3) is 0.571. The van der Waals surface area contributed by atoms with Crippen molar-refractivity contribution in [2.24, 2.45) is 0 Å². The standard InChI is InChI=1S/C14H20ClNO2/c1-17-13-5-3-12(4-6-13)10-16-7-2-8-18-14(9-15)11-16/h3-6,14H,2,7-11H2,1H3. The van der Waals surface area contributed by atoms with Gasteiger partial charge in [0.15, 0.2) is 0 Å². The number of nitrogens with zero attached hydrogens (tertiary/aromatic N) is 1. The van der Waals surface area contributed by atoms with E-state index in [-0.39, 0.29) is 6.10 Å². The van der Waals surface area contributed by atoms with E-state index < -0.39 is 0 Å². The van der Waals surface area contributed by atoms with Crippen LogP contribution in [0.4, 0.5) is 0 Å². The average Bonchev–Trinajstić information content (AvgIpc) is 2.65. The fourth-order valence-electron chi connectivity index (χ4n) is 2.20. The number of hydrogen-bond acceptors (Lipinski definition) is 3. The summed E-state index contributed by atoms with van der Waals surface area (Å²) in [6.45, 7) is 3.74. The zero-order valence-corrected chi connectivity index (χ0v) is 11.5. The summed E-state index contributed by atoms with van der Waals surface area (Å²) in [6, 6.07) is 8.23. The van der Waals surface area contributed by atoms with E-state index in [1.165, 1.54) is 5.56 Å².